The molecule has 0 aliphatic rings. The first-order valence-electron chi connectivity index (χ1n) is 7.93. The van der Waals surface area contributed by atoms with Gasteiger partial charge in [0.1, 0.15) is 5.52 Å². The number of thiophene rings is 1. The Bertz CT molecular complexity index is 1010. The molecule has 1 amide bonds. The van der Waals surface area contributed by atoms with Gasteiger partial charge in [0.05, 0.1) is 10.6 Å². The van der Waals surface area contributed by atoms with Gasteiger partial charge in [0.2, 0.25) is 11.8 Å². The minimum Gasteiger partial charge on any atom is -0.440 e. The van der Waals surface area contributed by atoms with E-state index in [4.69, 9.17) is 10.2 Å². The summed E-state index contributed by atoms with van der Waals surface area (Å²) in [6.07, 6.45) is 0.229. The van der Waals surface area contributed by atoms with E-state index in [0.29, 0.717) is 23.3 Å². The van der Waals surface area contributed by atoms with Gasteiger partial charge in [0.15, 0.2) is 16.6 Å². The summed E-state index contributed by atoms with van der Waals surface area (Å²) in [5.41, 5.74) is 6.91. The molecule has 0 aliphatic carbocycles. The van der Waals surface area contributed by atoms with E-state index in [1.54, 1.807) is 11.3 Å². The first-order chi connectivity index (χ1) is 12.7. The van der Waals surface area contributed by atoms with E-state index in [1.807, 2.05) is 46.3 Å². The van der Waals surface area contributed by atoms with Crippen LogP contribution in [0.4, 0.5) is 0 Å². The fourth-order valence-electron chi connectivity index (χ4n) is 2.52. The SMILES string of the molecule is NC(=O)CCn1c(SCc2nc3ccccc3o2)nnc1-c1cccs1. The molecule has 0 aliphatic heterocycles. The molecular formula is C17H15N5O2S2. The number of oxazole rings is 1. The Labute approximate surface area is 157 Å². The van der Waals surface area contributed by atoms with Gasteiger partial charge >= 0.3 is 0 Å². The molecule has 9 heteroatoms. The maximum Gasteiger partial charge on any atom is 0.219 e. The summed E-state index contributed by atoms with van der Waals surface area (Å²) < 4.78 is 7.67. The van der Waals surface area contributed by atoms with Crippen molar-refractivity contribution in [1.29, 1.82) is 0 Å². The summed E-state index contributed by atoms with van der Waals surface area (Å²) in [5.74, 6) is 1.53. The van der Waals surface area contributed by atoms with E-state index in [2.05, 4.69) is 15.2 Å². The summed E-state index contributed by atoms with van der Waals surface area (Å²) in [5, 5.41) is 11.3. The highest BCUT2D eigenvalue weighted by atomic mass is 32.2. The maximum atomic E-state index is 11.2. The first kappa shape index (κ1) is 16.8. The van der Waals surface area contributed by atoms with Gasteiger partial charge in [-0.3, -0.25) is 4.79 Å². The van der Waals surface area contributed by atoms with Crippen LogP contribution in [-0.4, -0.2) is 25.7 Å². The highest BCUT2D eigenvalue weighted by Gasteiger charge is 2.17. The molecule has 4 aromatic rings. The van der Waals surface area contributed by atoms with Crippen molar-refractivity contribution in [3.05, 3.63) is 47.7 Å². The number of fused-ring (bicyclic) bond motifs is 1. The number of para-hydroxylation sites is 2. The van der Waals surface area contributed by atoms with E-state index >= 15 is 0 Å². The second-order valence-corrected chi connectivity index (χ2v) is 7.41. The lowest BCUT2D eigenvalue weighted by molar-refractivity contribution is -0.118. The molecule has 132 valence electrons. The van der Waals surface area contributed by atoms with Crippen LogP contribution in [0.1, 0.15) is 12.3 Å². The highest BCUT2D eigenvalue weighted by molar-refractivity contribution is 7.98. The van der Waals surface area contributed by atoms with Crippen molar-refractivity contribution in [1.82, 2.24) is 19.7 Å². The van der Waals surface area contributed by atoms with E-state index in [0.717, 1.165) is 21.8 Å². The van der Waals surface area contributed by atoms with Gasteiger partial charge in [-0.15, -0.1) is 21.5 Å². The Morgan fingerprint density at radius 2 is 2.12 bits per heavy atom. The quantitative estimate of drug-likeness (QED) is 0.490. The molecule has 0 spiro atoms. The van der Waals surface area contributed by atoms with Gasteiger partial charge in [0, 0.05) is 13.0 Å². The Hall–Kier alpha value is -2.65. The van der Waals surface area contributed by atoms with Gasteiger partial charge < -0.3 is 14.7 Å². The number of nitrogens with zero attached hydrogens (tertiary/aromatic N) is 4. The van der Waals surface area contributed by atoms with Crippen LogP contribution in [0.2, 0.25) is 0 Å². The maximum absolute atomic E-state index is 11.2. The highest BCUT2D eigenvalue weighted by Crippen LogP contribution is 2.29. The molecular weight excluding hydrogens is 370 g/mol. The lowest BCUT2D eigenvalue weighted by Crippen LogP contribution is -2.14. The molecule has 3 heterocycles. The summed E-state index contributed by atoms with van der Waals surface area (Å²) in [7, 11) is 0. The number of carbonyl (C=O) groups is 1. The summed E-state index contributed by atoms with van der Waals surface area (Å²) >= 11 is 3.05. The molecule has 2 N–H and O–H groups in total. The monoisotopic (exact) mass is 385 g/mol. The second-order valence-electron chi connectivity index (χ2n) is 5.52. The zero-order valence-corrected chi connectivity index (χ0v) is 15.3. The third kappa shape index (κ3) is 3.49. The number of benzene rings is 1. The zero-order valence-electron chi connectivity index (χ0n) is 13.7. The third-order valence-electron chi connectivity index (χ3n) is 3.70. The standard InChI is InChI=1S/C17H15N5O2S2/c18-14(23)7-8-22-16(13-6-3-9-25-13)20-21-17(22)26-10-15-19-11-4-1-2-5-12(11)24-15/h1-6,9H,7-8,10H2,(H2,18,23). The third-order valence-corrected chi connectivity index (χ3v) is 5.52. The number of amides is 1. The molecule has 26 heavy (non-hydrogen) atoms. The van der Waals surface area contributed by atoms with Crippen molar-refractivity contribution in [3.63, 3.8) is 0 Å². The van der Waals surface area contributed by atoms with Gasteiger partial charge in [-0.05, 0) is 23.6 Å². The Morgan fingerprint density at radius 3 is 2.88 bits per heavy atom. The number of hydrogen-bond donors (Lipinski definition) is 1. The van der Waals surface area contributed by atoms with Crippen molar-refractivity contribution in [2.75, 3.05) is 0 Å². The van der Waals surface area contributed by atoms with Crippen molar-refractivity contribution in [2.24, 2.45) is 5.73 Å². The zero-order chi connectivity index (χ0) is 17.9. The molecule has 0 atom stereocenters. The predicted molar refractivity (Wildman–Crippen MR) is 101 cm³/mol. The number of nitrogens with two attached hydrogens (primary N) is 1. The number of hydrogen-bond acceptors (Lipinski definition) is 7. The average molecular weight is 385 g/mol. The van der Waals surface area contributed by atoms with Crippen LogP contribution in [0.15, 0.2) is 51.4 Å². The minimum absolute atomic E-state index is 0.229. The summed E-state index contributed by atoms with van der Waals surface area (Å²) in [6.45, 7) is 0.436. The van der Waals surface area contributed by atoms with E-state index in [1.165, 1.54) is 11.8 Å². The van der Waals surface area contributed by atoms with E-state index in [9.17, 15) is 4.79 Å². The smallest absolute Gasteiger partial charge is 0.219 e. The largest absolute Gasteiger partial charge is 0.440 e. The van der Waals surface area contributed by atoms with Crippen LogP contribution in [0.25, 0.3) is 21.8 Å². The average Bonchev–Trinajstić information content (AvgIpc) is 3.35. The van der Waals surface area contributed by atoms with Crippen LogP contribution < -0.4 is 5.73 Å². The number of carbonyl (C=O) groups excluding carboxylic acids is 1. The first-order valence-corrected chi connectivity index (χ1v) is 9.80. The lowest BCUT2D eigenvalue weighted by atomic mass is 10.3. The van der Waals surface area contributed by atoms with E-state index in [-0.39, 0.29) is 12.3 Å². The molecule has 7 nitrogen and oxygen atoms in total. The fraction of sp³-hybridized carbons (Fsp3) is 0.176. The molecule has 0 unspecified atom stereocenters. The molecule has 1 aromatic carbocycles. The van der Waals surface area contributed by atoms with Crippen LogP contribution >= 0.6 is 23.1 Å². The van der Waals surface area contributed by atoms with Gasteiger partial charge in [-0.1, -0.05) is 30.0 Å². The Kier molecular flexibility index (Phi) is 4.72. The van der Waals surface area contributed by atoms with E-state index < -0.39 is 0 Å². The van der Waals surface area contributed by atoms with Crippen LogP contribution in [0.3, 0.4) is 0 Å². The number of rotatable bonds is 7. The van der Waals surface area contributed by atoms with Crippen molar-refractivity contribution in [3.8, 4) is 10.7 Å². The predicted octanol–water partition coefficient (Wildman–Crippen LogP) is 3.32. The minimum atomic E-state index is -0.356. The Balaban J connectivity index is 1.57. The molecule has 0 fully saturated rings. The molecule has 0 bridgehead atoms. The normalized spacial score (nSPS) is 11.2. The Morgan fingerprint density at radius 1 is 1.23 bits per heavy atom. The molecule has 0 radical (unpaired) electrons. The van der Waals surface area contributed by atoms with Crippen molar-refractivity contribution in [2.45, 2.75) is 23.9 Å². The van der Waals surface area contributed by atoms with Crippen LogP contribution in [0.5, 0.6) is 0 Å². The summed E-state index contributed by atoms with van der Waals surface area (Å²) in [6, 6.07) is 11.6. The second kappa shape index (κ2) is 7.30. The van der Waals surface area contributed by atoms with Crippen LogP contribution in [0, 0.1) is 0 Å². The fourth-order valence-corrected chi connectivity index (χ4v) is 4.04. The molecule has 0 saturated carbocycles. The number of primary amides is 1. The van der Waals surface area contributed by atoms with Crippen molar-refractivity contribution < 1.29 is 9.21 Å². The molecule has 4 rings (SSSR count). The summed E-state index contributed by atoms with van der Waals surface area (Å²) in [4.78, 5) is 16.7. The van der Waals surface area contributed by atoms with Crippen LogP contribution in [-0.2, 0) is 17.1 Å². The number of thioether (sulfide) groups is 1. The molecule has 0 saturated heterocycles. The van der Waals surface area contributed by atoms with Gasteiger partial charge in [-0.2, -0.15) is 0 Å². The molecule has 3 aromatic heterocycles. The van der Waals surface area contributed by atoms with Gasteiger partial charge in [-0.25, -0.2) is 4.98 Å². The van der Waals surface area contributed by atoms with Gasteiger partial charge in [0.25, 0.3) is 0 Å². The lowest BCUT2D eigenvalue weighted by Gasteiger charge is -2.07. The topological polar surface area (TPSA) is 99.8 Å². The number of aromatic nitrogens is 4. The van der Waals surface area contributed by atoms with Crippen molar-refractivity contribution >= 4 is 40.1 Å².